The van der Waals surface area contributed by atoms with Crippen LogP contribution in [-0.2, 0) is 6.54 Å². The minimum absolute atomic E-state index is 0. The summed E-state index contributed by atoms with van der Waals surface area (Å²) in [5, 5.41) is 1.14. The number of rotatable bonds is 2. The van der Waals surface area contributed by atoms with Crippen LogP contribution in [0.1, 0.15) is 5.56 Å². The molecule has 0 saturated heterocycles. The SMILES string of the molecule is Cl.NCc1cc(-c2ccccc2)nc2ccccc12. The molecule has 3 rings (SSSR count). The van der Waals surface area contributed by atoms with Crippen LogP contribution in [-0.4, -0.2) is 4.98 Å². The zero-order valence-corrected chi connectivity index (χ0v) is 11.2. The molecule has 0 bridgehead atoms. The minimum Gasteiger partial charge on any atom is -0.326 e. The van der Waals surface area contributed by atoms with Crippen LogP contribution in [0.25, 0.3) is 22.2 Å². The third-order valence-corrected chi connectivity index (χ3v) is 3.09. The highest BCUT2D eigenvalue weighted by atomic mass is 35.5. The van der Waals surface area contributed by atoms with Crippen molar-refractivity contribution in [3.8, 4) is 11.3 Å². The van der Waals surface area contributed by atoms with Gasteiger partial charge in [0.15, 0.2) is 0 Å². The number of nitrogens with zero attached hydrogens (tertiary/aromatic N) is 1. The Kier molecular flexibility index (Phi) is 4.15. The molecule has 3 heteroatoms. The summed E-state index contributed by atoms with van der Waals surface area (Å²) < 4.78 is 0. The number of nitrogens with two attached hydrogens (primary N) is 1. The molecule has 96 valence electrons. The van der Waals surface area contributed by atoms with Crippen molar-refractivity contribution in [3.05, 3.63) is 66.2 Å². The summed E-state index contributed by atoms with van der Waals surface area (Å²) in [6.45, 7) is 0.531. The molecule has 0 aliphatic heterocycles. The molecule has 0 atom stereocenters. The average Bonchev–Trinajstić information content (AvgIpc) is 2.47. The topological polar surface area (TPSA) is 38.9 Å². The van der Waals surface area contributed by atoms with Gasteiger partial charge in [0.1, 0.15) is 0 Å². The zero-order valence-electron chi connectivity index (χ0n) is 10.4. The van der Waals surface area contributed by atoms with Crippen LogP contribution in [0.5, 0.6) is 0 Å². The Morgan fingerprint density at radius 3 is 2.32 bits per heavy atom. The largest absolute Gasteiger partial charge is 0.326 e. The standard InChI is InChI=1S/C16H14N2.ClH/c17-11-13-10-16(12-6-2-1-3-7-12)18-15-9-5-4-8-14(13)15;/h1-10H,11,17H2;1H. The first kappa shape index (κ1) is 13.5. The highest BCUT2D eigenvalue weighted by Gasteiger charge is 2.05. The summed E-state index contributed by atoms with van der Waals surface area (Å²) in [6, 6.07) is 20.4. The Morgan fingerprint density at radius 2 is 1.58 bits per heavy atom. The van der Waals surface area contributed by atoms with Crippen LogP contribution in [0.3, 0.4) is 0 Å². The van der Waals surface area contributed by atoms with Gasteiger partial charge < -0.3 is 5.73 Å². The second-order valence-corrected chi connectivity index (χ2v) is 4.25. The molecule has 2 nitrogen and oxygen atoms in total. The van der Waals surface area contributed by atoms with Gasteiger partial charge in [-0.15, -0.1) is 12.4 Å². The monoisotopic (exact) mass is 270 g/mol. The van der Waals surface area contributed by atoms with Crippen LogP contribution in [0.2, 0.25) is 0 Å². The van der Waals surface area contributed by atoms with Crippen molar-refractivity contribution in [1.82, 2.24) is 4.98 Å². The molecule has 0 aliphatic rings. The normalized spacial score (nSPS) is 10.2. The minimum atomic E-state index is 0. The fourth-order valence-electron chi connectivity index (χ4n) is 2.17. The lowest BCUT2D eigenvalue weighted by Crippen LogP contribution is -1.99. The molecular formula is C16H15ClN2. The van der Waals surface area contributed by atoms with E-state index >= 15 is 0 Å². The van der Waals surface area contributed by atoms with E-state index < -0.39 is 0 Å². The lowest BCUT2D eigenvalue weighted by atomic mass is 10.0. The van der Waals surface area contributed by atoms with E-state index in [1.54, 1.807) is 0 Å². The number of fused-ring (bicyclic) bond motifs is 1. The predicted octanol–water partition coefficient (Wildman–Crippen LogP) is 3.78. The molecule has 0 saturated carbocycles. The average molecular weight is 271 g/mol. The van der Waals surface area contributed by atoms with Crippen LogP contribution in [0.4, 0.5) is 0 Å². The van der Waals surface area contributed by atoms with Gasteiger partial charge in [0.25, 0.3) is 0 Å². The van der Waals surface area contributed by atoms with Crippen molar-refractivity contribution in [3.63, 3.8) is 0 Å². The predicted molar refractivity (Wildman–Crippen MR) is 82.3 cm³/mol. The van der Waals surface area contributed by atoms with Gasteiger partial charge >= 0.3 is 0 Å². The Hall–Kier alpha value is -1.90. The van der Waals surface area contributed by atoms with E-state index in [-0.39, 0.29) is 12.4 Å². The van der Waals surface area contributed by atoms with Crippen molar-refractivity contribution >= 4 is 23.3 Å². The van der Waals surface area contributed by atoms with Crippen LogP contribution < -0.4 is 5.73 Å². The molecule has 2 N–H and O–H groups in total. The number of halogens is 1. The van der Waals surface area contributed by atoms with Crippen LogP contribution in [0, 0.1) is 0 Å². The molecule has 19 heavy (non-hydrogen) atoms. The van der Waals surface area contributed by atoms with E-state index in [1.807, 2.05) is 36.4 Å². The zero-order chi connectivity index (χ0) is 12.4. The maximum atomic E-state index is 5.84. The third kappa shape index (κ3) is 2.60. The maximum Gasteiger partial charge on any atom is 0.0712 e. The van der Waals surface area contributed by atoms with Gasteiger partial charge in [-0.3, -0.25) is 0 Å². The van der Waals surface area contributed by atoms with E-state index in [0.29, 0.717) is 6.54 Å². The summed E-state index contributed by atoms with van der Waals surface area (Å²) in [5.74, 6) is 0. The lowest BCUT2D eigenvalue weighted by Gasteiger charge is -2.08. The second kappa shape index (κ2) is 5.83. The number of hydrogen-bond donors (Lipinski definition) is 1. The molecule has 1 heterocycles. The Balaban J connectivity index is 0.00000133. The molecular weight excluding hydrogens is 256 g/mol. The molecule has 2 aromatic carbocycles. The molecule has 1 aromatic heterocycles. The molecule has 0 amide bonds. The summed E-state index contributed by atoms with van der Waals surface area (Å²) in [6.07, 6.45) is 0. The smallest absolute Gasteiger partial charge is 0.0712 e. The Labute approximate surface area is 118 Å². The summed E-state index contributed by atoms with van der Waals surface area (Å²) in [7, 11) is 0. The van der Waals surface area contributed by atoms with Gasteiger partial charge in [-0.25, -0.2) is 4.98 Å². The fraction of sp³-hybridized carbons (Fsp3) is 0.0625. The molecule has 0 radical (unpaired) electrons. The summed E-state index contributed by atoms with van der Waals surface area (Å²) in [4.78, 5) is 4.70. The van der Waals surface area contributed by atoms with E-state index in [4.69, 9.17) is 10.7 Å². The number of aromatic nitrogens is 1. The maximum absolute atomic E-state index is 5.84. The first-order chi connectivity index (χ1) is 8.88. The van der Waals surface area contributed by atoms with Crippen molar-refractivity contribution in [2.45, 2.75) is 6.54 Å². The van der Waals surface area contributed by atoms with Gasteiger partial charge in [-0.05, 0) is 17.7 Å². The number of para-hydroxylation sites is 1. The number of hydrogen-bond acceptors (Lipinski definition) is 2. The molecule has 0 aliphatic carbocycles. The van der Waals surface area contributed by atoms with Gasteiger partial charge in [0, 0.05) is 17.5 Å². The third-order valence-electron chi connectivity index (χ3n) is 3.09. The first-order valence-electron chi connectivity index (χ1n) is 6.02. The lowest BCUT2D eigenvalue weighted by molar-refractivity contribution is 1.08. The van der Waals surface area contributed by atoms with Gasteiger partial charge in [-0.1, -0.05) is 48.5 Å². The molecule has 3 aromatic rings. The quantitative estimate of drug-likeness (QED) is 0.770. The van der Waals surface area contributed by atoms with Crippen molar-refractivity contribution in [2.75, 3.05) is 0 Å². The number of benzene rings is 2. The van der Waals surface area contributed by atoms with Crippen LogP contribution >= 0.6 is 12.4 Å². The Bertz CT molecular complexity index is 681. The summed E-state index contributed by atoms with van der Waals surface area (Å²) >= 11 is 0. The van der Waals surface area contributed by atoms with Crippen LogP contribution in [0.15, 0.2) is 60.7 Å². The van der Waals surface area contributed by atoms with E-state index in [1.165, 1.54) is 0 Å². The van der Waals surface area contributed by atoms with Gasteiger partial charge in [0.2, 0.25) is 0 Å². The van der Waals surface area contributed by atoms with Gasteiger partial charge in [-0.2, -0.15) is 0 Å². The molecule has 0 fully saturated rings. The highest BCUT2D eigenvalue weighted by Crippen LogP contribution is 2.24. The fourth-order valence-corrected chi connectivity index (χ4v) is 2.17. The van der Waals surface area contributed by atoms with Crippen molar-refractivity contribution < 1.29 is 0 Å². The van der Waals surface area contributed by atoms with E-state index in [0.717, 1.165) is 27.7 Å². The molecule has 0 spiro atoms. The Morgan fingerprint density at radius 1 is 0.895 bits per heavy atom. The first-order valence-corrected chi connectivity index (χ1v) is 6.02. The van der Waals surface area contributed by atoms with Crippen molar-refractivity contribution in [2.24, 2.45) is 5.73 Å². The highest BCUT2D eigenvalue weighted by molar-refractivity contribution is 5.85. The second-order valence-electron chi connectivity index (χ2n) is 4.25. The van der Waals surface area contributed by atoms with Gasteiger partial charge in [0.05, 0.1) is 11.2 Å². The van der Waals surface area contributed by atoms with Crippen molar-refractivity contribution in [1.29, 1.82) is 0 Å². The molecule has 0 unspecified atom stereocenters. The van der Waals surface area contributed by atoms with E-state index in [2.05, 4.69) is 24.3 Å². The van der Waals surface area contributed by atoms with E-state index in [9.17, 15) is 0 Å². The number of pyridine rings is 1. The summed E-state index contributed by atoms with van der Waals surface area (Å²) in [5.41, 5.74) is 10.1.